The van der Waals surface area contributed by atoms with Gasteiger partial charge in [-0.3, -0.25) is 0 Å². The molecule has 156 valence electrons. The monoisotopic (exact) mass is 425 g/mol. The molecular formula is C21H31NO4S2. The van der Waals surface area contributed by atoms with Gasteiger partial charge in [-0.15, -0.1) is 0 Å². The average molecular weight is 426 g/mol. The van der Waals surface area contributed by atoms with Crippen molar-refractivity contribution in [1.82, 2.24) is 5.32 Å². The zero-order chi connectivity index (χ0) is 20.8. The van der Waals surface area contributed by atoms with Crippen molar-refractivity contribution in [2.24, 2.45) is 5.41 Å². The number of methoxy groups -OCH3 is 1. The molecule has 1 aliphatic rings. The van der Waals surface area contributed by atoms with E-state index in [1.54, 1.807) is 0 Å². The van der Waals surface area contributed by atoms with Crippen LogP contribution in [0.3, 0.4) is 0 Å². The van der Waals surface area contributed by atoms with E-state index in [0.29, 0.717) is 17.8 Å². The standard InChI is InChI=1S/C21H31NO4S2/c1-16-7-9-17(10-8-16)15-18(19(23)26-2)22-20(27)21(12-6-13-21)11-4-5-14-28(3,24)25/h7-10,18H,4-6,11-15H2,1-3H3,(H,22,27). The van der Waals surface area contributed by atoms with Crippen molar-refractivity contribution in [2.45, 2.75) is 57.9 Å². The van der Waals surface area contributed by atoms with E-state index >= 15 is 0 Å². The number of rotatable bonds is 10. The van der Waals surface area contributed by atoms with Gasteiger partial charge >= 0.3 is 5.97 Å². The Balaban J connectivity index is 1.99. The Bertz CT molecular complexity index is 783. The van der Waals surface area contributed by atoms with E-state index in [9.17, 15) is 13.2 Å². The maximum absolute atomic E-state index is 12.3. The third kappa shape index (κ3) is 6.55. The van der Waals surface area contributed by atoms with Gasteiger partial charge in [-0.2, -0.15) is 0 Å². The summed E-state index contributed by atoms with van der Waals surface area (Å²) < 4.78 is 27.6. The summed E-state index contributed by atoms with van der Waals surface area (Å²) in [5, 5.41) is 3.27. The molecule has 1 aromatic rings. The highest BCUT2D eigenvalue weighted by Crippen LogP contribution is 2.46. The highest BCUT2D eigenvalue weighted by atomic mass is 32.2. The molecule has 1 saturated carbocycles. The summed E-state index contributed by atoms with van der Waals surface area (Å²) in [6.45, 7) is 2.03. The van der Waals surface area contributed by atoms with Crippen molar-refractivity contribution in [2.75, 3.05) is 19.1 Å². The highest BCUT2D eigenvalue weighted by molar-refractivity contribution is 7.90. The van der Waals surface area contributed by atoms with Gasteiger partial charge in [0.15, 0.2) is 0 Å². The van der Waals surface area contributed by atoms with Gasteiger partial charge in [0.1, 0.15) is 15.9 Å². The molecule has 0 heterocycles. The topological polar surface area (TPSA) is 72.5 Å². The maximum Gasteiger partial charge on any atom is 0.328 e. The first-order valence-electron chi connectivity index (χ1n) is 9.77. The second-order valence-electron chi connectivity index (χ2n) is 7.96. The lowest BCUT2D eigenvalue weighted by molar-refractivity contribution is -0.142. The van der Waals surface area contributed by atoms with Crippen LogP contribution in [0, 0.1) is 12.3 Å². The molecule has 1 fully saturated rings. The minimum Gasteiger partial charge on any atom is -0.467 e. The molecule has 1 aromatic carbocycles. The van der Waals surface area contributed by atoms with Crippen LogP contribution < -0.4 is 5.32 Å². The normalized spacial score (nSPS) is 16.7. The number of thiocarbonyl (C=S) groups is 1. The number of esters is 1. The second kappa shape index (κ2) is 9.83. The van der Waals surface area contributed by atoms with Crippen LogP contribution in [-0.2, 0) is 25.8 Å². The van der Waals surface area contributed by atoms with E-state index in [2.05, 4.69) is 5.32 Å². The van der Waals surface area contributed by atoms with E-state index in [1.165, 1.54) is 18.9 Å². The summed E-state index contributed by atoms with van der Waals surface area (Å²) >= 11 is 5.71. The number of hydrogen-bond donors (Lipinski definition) is 1. The molecule has 0 amide bonds. The molecular weight excluding hydrogens is 394 g/mol. The smallest absolute Gasteiger partial charge is 0.328 e. The molecule has 0 spiro atoms. The number of carbonyl (C=O) groups is 1. The van der Waals surface area contributed by atoms with Crippen molar-refractivity contribution in [1.29, 1.82) is 0 Å². The molecule has 2 rings (SSSR count). The van der Waals surface area contributed by atoms with Crippen LogP contribution in [0.5, 0.6) is 0 Å². The van der Waals surface area contributed by atoms with Crippen LogP contribution in [0.1, 0.15) is 49.7 Å². The maximum atomic E-state index is 12.3. The molecule has 5 nitrogen and oxygen atoms in total. The summed E-state index contributed by atoms with van der Waals surface area (Å²) in [6.07, 6.45) is 7.16. The molecule has 1 N–H and O–H groups in total. The number of aryl methyl sites for hydroxylation is 1. The molecule has 0 aliphatic heterocycles. The SMILES string of the molecule is COC(=O)C(Cc1ccc(C)cc1)NC(=S)C1(CCCCS(C)(=O)=O)CCC1. The van der Waals surface area contributed by atoms with Crippen LogP contribution in [0.15, 0.2) is 24.3 Å². The number of carbonyl (C=O) groups excluding carboxylic acids is 1. The molecule has 0 bridgehead atoms. The van der Waals surface area contributed by atoms with Gasteiger partial charge in [-0.1, -0.05) is 54.9 Å². The second-order valence-corrected chi connectivity index (χ2v) is 10.6. The van der Waals surface area contributed by atoms with E-state index in [0.717, 1.165) is 37.7 Å². The zero-order valence-corrected chi connectivity index (χ0v) is 18.6. The van der Waals surface area contributed by atoms with Gasteiger partial charge < -0.3 is 10.1 Å². The van der Waals surface area contributed by atoms with Crippen LogP contribution in [0.25, 0.3) is 0 Å². The van der Waals surface area contributed by atoms with Crippen LogP contribution >= 0.6 is 12.2 Å². The highest BCUT2D eigenvalue weighted by Gasteiger charge is 2.41. The summed E-state index contributed by atoms with van der Waals surface area (Å²) in [5.74, 6) is -0.115. The van der Waals surface area contributed by atoms with Gasteiger partial charge in [0.05, 0.1) is 12.1 Å². The fraction of sp³-hybridized carbons (Fsp3) is 0.619. The molecule has 0 saturated heterocycles. The van der Waals surface area contributed by atoms with Crippen molar-refractivity contribution >= 4 is 33.0 Å². The Morgan fingerprint density at radius 3 is 2.39 bits per heavy atom. The van der Waals surface area contributed by atoms with E-state index in [4.69, 9.17) is 17.0 Å². The van der Waals surface area contributed by atoms with Gasteiger partial charge in [-0.25, -0.2) is 13.2 Å². The zero-order valence-electron chi connectivity index (χ0n) is 17.0. The Morgan fingerprint density at radius 2 is 1.89 bits per heavy atom. The summed E-state index contributed by atoms with van der Waals surface area (Å²) in [4.78, 5) is 13.0. The number of benzene rings is 1. The minimum atomic E-state index is -2.93. The third-order valence-electron chi connectivity index (χ3n) is 5.56. The predicted octanol–water partition coefficient (Wildman–Crippen LogP) is 3.38. The van der Waals surface area contributed by atoms with E-state index < -0.39 is 15.9 Å². The number of nitrogens with one attached hydrogen (secondary N) is 1. The fourth-order valence-electron chi connectivity index (χ4n) is 3.63. The predicted molar refractivity (Wildman–Crippen MR) is 116 cm³/mol. The molecule has 0 radical (unpaired) electrons. The molecule has 7 heteroatoms. The van der Waals surface area contributed by atoms with Gasteiger partial charge in [0, 0.05) is 23.8 Å². The van der Waals surface area contributed by atoms with Crippen molar-refractivity contribution in [3.05, 3.63) is 35.4 Å². The molecule has 1 unspecified atom stereocenters. The van der Waals surface area contributed by atoms with Gasteiger partial charge in [0.2, 0.25) is 0 Å². The lowest BCUT2D eigenvalue weighted by Gasteiger charge is -2.43. The van der Waals surface area contributed by atoms with Crippen LogP contribution in [0.2, 0.25) is 0 Å². The molecule has 1 atom stereocenters. The summed E-state index contributed by atoms with van der Waals surface area (Å²) in [6, 6.07) is 7.56. The Morgan fingerprint density at radius 1 is 1.25 bits per heavy atom. The van der Waals surface area contributed by atoms with Crippen molar-refractivity contribution in [3.8, 4) is 0 Å². The van der Waals surface area contributed by atoms with Crippen molar-refractivity contribution in [3.63, 3.8) is 0 Å². The van der Waals surface area contributed by atoms with E-state index in [1.807, 2.05) is 31.2 Å². The van der Waals surface area contributed by atoms with Gasteiger partial charge in [-0.05, 0) is 38.2 Å². The Kier molecular flexibility index (Phi) is 8.01. The third-order valence-corrected chi connectivity index (χ3v) is 7.15. The number of sulfone groups is 1. The average Bonchev–Trinajstić information content (AvgIpc) is 2.59. The largest absolute Gasteiger partial charge is 0.467 e. The van der Waals surface area contributed by atoms with Gasteiger partial charge in [0.25, 0.3) is 0 Å². The molecule has 1 aliphatic carbocycles. The van der Waals surface area contributed by atoms with Crippen molar-refractivity contribution < 1.29 is 17.9 Å². The Hall–Kier alpha value is -1.47. The summed E-state index contributed by atoms with van der Waals surface area (Å²) in [7, 11) is -1.54. The first kappa shape index (κ1) is 22.8. The first-order valence-corrected chi connectivity index (χ1v) is 12.2. The lowest BCUT2D eigenvalue weighted by Crippen LogP contribution is -2.51. The minimum absolute atomic E-state index is 0.119. The molecule has 0 aromatic heterocycles. The quantitative estimate of drug-likeness (QED) is 0.352. The van der Waals surface area contributed by atoms with E-state index in [-0.39, 0.29) is 17.1 Å². The number of hydrogen-bond acceptors (Lipinski definition) is 5. The van der Waals surface area contributed by atoms with Crippen LogP contribution in [-0.4, -0.2) is 44.5 Å². The molecule has 28 heavy (non-hydrogen) atoms. The lowest BCUT2D eigenvalue weighted by atomic mass is 9.65. The number of unbranched alkanes of at least 4 members (excludes halogenated alkanes) is 1. The first-order chi connectivity index (χ1) is 13.1. The fourth-order valence-corrected chi connectivity index (χ4v) is 4.81. The Labute approximate surface area is 174 Å². The van der Waals surface area contributed by atoms with Crippen LogP contribution in [0.4, 0.5) is 0 Å². The number of ether oxygens (including phenoxy) is 1. The summed E-state index contributed by atoms with van der Waals surface area (Å²) in [5.41, 5.74) is 2.10.